The number of thiophene rings is 1. The lowest BCUT2D eigenvalue weighted by atomic mass is 10.2. The summed E-state index contributed by atoms with van der Waals surface area (Å²) in [5.74, 6) is 6.88. The fourth-order valence-corrected chi connectivity index (χ4v) is 3.58. The number of halogens is 2. The van der Waals surface area contributed by atoms with E-state index in [2.05, 4.69) is 54.2 Å². The molecule has 0 aromatic carbocycles. The highest BCUT2D eigenvalue weighted by molar-refractivity contribution is 9.13. The third-order valence-electron chi connectivity index (χ3n) is 2.58. The highest BCUT2D eigenvalue weighted by Crippen LogP contribution is 2.37. The Kier molecular flexibility index (Phi) is 4.37. The number of nitrogens with one attached hydrogen (secondary N) is 1. The Labute approximate surface area is 126 Å². The van der Waals surface area contributed by atoms with Gasteiger partial charge in [-0.05, 0) is 51.3 Å². The molecule has 0 saturated heterocycles. The Bertz CT molecular complexity index is 538. The number of nitrogens with zero attached hydrogens (tertiary/aromatic N) is 2. The van der Waals surface area contributed by atoms with Gasteiger partial charge in [-0.25, -0.2) is 15.8 Å². The maximum atomic E-state index is 5.50. The standard InChI is InChI=1S/C11H12Br2N4S/c1-3-7-5(2)10(17-14)16-11(15-7)8-4-6(12)9(13)18-8/h4H,3,14H2,1-2H3,(H,15,16,17). The van der Waals surface area contributed by atoms with Gasteiger partial charge in [0.1, 0.15) is 5.82 Å². The number of aromatic nitrogens is 2. The van der Waals surface area contributed by atoms with Crippen LogP contribution >= 0.6 is 43.2 Å². The number of hydrazine groups is 1. The Morgan fingerprint density at radius 1 is 1.39 bits per heavy atom. The maximum absolute atomic E-state index is 5.50. The second kappa shape index (κ2) is 5.64. The van der Waals surface area contributed by atoms with Gasteiger partial charge in [-0.3, -0.25) is 0 Å². The van der Waals surface area contributed by atoms with Gasteiger partial charge < -0.3 is 5.43 Å². The lowest BCUT2D eigenvalue weighted by molar-refractivity contribution is 0.975. The molecule has 0 radical (unpaired) electrons. The van der Waals surface area contributed by atoms with E-state index >= 15 is 0 Å². The Hall–Kier alpha value is -0.500. The summed E-state index contributed by atoms with van der Waals surface area (Å²) < 4.78 is 2.04. The monoisotopic (exact) mass is 390 g/mol. The molecule has 0 aliphatic rings. The van der Waals surface area contributed by atoms with E-state index in [-0.39, 0.29) is 0 Å². The molecule has 0 amide bonds. The van der Waals surface area contributed by atoms with E-state index in [4.69, 9.17) is 5.84 Å². The Balaban J connectivity index is 2.57. The summed E-state index contributed by atoms with van der Waals surface area (Å²) >= 11 is 8.53. The van der Waals surface area contributed by atoms with E-state index < -0.39 is 0 Å². The van der Waals surface area contributed by atoms with Crippen LogP contribution in [0.4, 0.5) is 5.82 Å². The van der Waals surface area contributed by atoms with Crippen LogP contribution in [-0.4, -0.2) is 9.97 Å². The highest BCUT2D eigenvalue weighted by Gasteiger charge is 2.13. The van der Waals surface area contributed by atoms with Crippen molar-refractivity contribution >= 4 is 49.0 Å². The number of nitrogens with two attached hydrogens (primary N) is 1. The van der Waals surface area contributed by atoms with Crippen LogP contribution in [0.1, 0.15) is 18.2 Å². The minimum atomic E-state index is 0.678. The molecular formula is C11H12Br2N4S. The minimum Gasteiger partial charge on any atom is -0.308 e. The minimum absolute atomic E-state index is 0.678. The van der Waals surface area contributed by atoms with Crippen LogP contribution in [-0.2, 0) is 6.42 Å². The predicted octanol–water partition coefficient (Wildman–Crippen LogP) is 3.89. The van der Waals surface area contributed by atoms with Gasteiger partial charge in [-0.1, -0.05) is 6.92 Å². The predicted molar refractivity (Wildman–Crippen MR) is 82.7 cm³/mol. The highest BCUT2D eigenvalue weighted by atomic mass is 79.9. The molecule has 2 aromatic rings. The molecule has 0 unspecified atom stereocenters. The van der Waals surface area contributed by atoms with Gasteiger partial charge >= 0.3 is 0 Å². The van der Waals surface area contributed by atoms with Gasteiger partial charge in [0.2, 0.25) is 0 Å². The number of anilines is 1. The number of nitrogen functional groups attached to an aromatic ring is 1. The van der Waals surface area contributed by atoms with Crippen molar-refractivity contribution in [1.29, 1.82) is 0 Å². The fraction of sp³-hybridized carbons (Fsp3) is 0.273. The zero-order valence-corrected chi connectivity index (χ0v) is 13.9. The zero-order chi connectivity index (χ0) is 13.3. The third-order valence-corrected chi connectivity index (χ3v) is 5.84. The van der Waals surface area contributed by atoms with Crippen LogP contribution in [0.2, 0.25) is 0 Å². The first kappa shape index (κ1) is 13.9. The molecule has 0 bridgehead atoms. The quantitative estimate of drug-likeness (QED) is 0.615. The third kappa shape index (κ3) is 2.59. The van der Waals surface area contributed by atoms with Crippen LogP contribution in [0.15, 0.2) is 14.3 Å². The second-order valence-corrected chi connectivity index (χ2v) is 6.92. The number of aryl methyl sites for hydroxylation is 1. The summed E-state index contributed by atoms with van der Waals surface area (Å²) in [5, 5.41) is 0. The van der Waals surface area contributed by atoms with Crippen molar-refractivity contribution in [3.63, 3.8) is 0 Å². The van der Waals surface area contributed by atoms with Gasteiger partial charge in [0.15, 0.2) is 5.82 Å². The van der Waals surface area contributed by atoms with Gasteiger partial charge in [0.25, 0.3) is 0 Å². The summed E-state index contributed by atoms with van der Waals surface area (Å²) in [4.78, 5) is 10.0. The molecule has 0 saturated carbocycles. The van der Waals surface area contributed by atoms with Crippen molar-refractivity contribution in [2.75, 3.05) is 5.43 Å². The molecule has 2 rings (SSSR count). The van der Waals surface area contributed by atoms with E-state index in [0.29, 0.717) is 11.6 Å². The van der Waals surface area contributed by atoms with Crippen LogP contribution in [0.3, 0.4) is 0 Å². The molecule has 96 valence electrons. The SMILES string of the molecule is CCc1nc(-c2cc(Br)c(Br)s2)nc(NN)c1C. The van der Waals surface area contributed by atoms with E-state index in [1.165, 1.54) is 0 Å². The molecule has 0 spiro atoms. The summed E-state index contributed by atoms with van der Waals surface area (Å²) in [7, 11) is 0. The zero-order valence-electron chi connectivity index (χ0n) is 9.92. The average Bonchev–Trinajstić information content (AvgIpc) is 2.70. The average molecular weight is 392 g/mol. The molecule has 2 heterocycles. The van der Waals surface area contributed by atoms with Crippen LogP contribution in [0.5, 0.6) is 0 Å². The molecular weight excluding hydrogens is 380 g/mol. The van der Waals surface area contributed by atoms with Crippen molar-refractivity contribution in [3.05, 3.63) is 25.6 Å². The second-order valence-electron chi connectivity index (χ2n) is 3.70. The van der Waals surface area contributed by atoms with Gasteiger partial charge in [-0.15, -0.1) is 11.3 Å². The first-order valence-corrected chi connectivity index (χ1v) is 7.76. The lowest BCUT2D eigenvalue weighted by Gasteiger charge is -2.09. The molecule has 0 aliphatic heterocycles. The topological polar surface area (TPSA) is 63.8 Å². The number of rotatable bonds is 3. The molecule has 4 nitrogen and oxygen atoms in total. The number of hydrogen-bond donors (Lipinski definition) is 2. The molecule has 2 aromatic heterocycles. The molecule has 18 heavy (non-hydrogen) atoms. The summed E-state index contributed by atoms with van der Waals surface area (Å²) in [6.45, 7) is 4.04. The Morgan fingerprint density at radius 3 is 2.61 bits per heavy atom. The molecule has 7 heteroatoms. The summed E-state index contributed by atoms with van der Waals surface area (Å²) in [5.41, 5.74) is 4.64. The first-order chi connectivity index (χ1) is 8.56. The van der Waals surface area contributed by atoms with Crippen molar-refractivity contribution < 1.29 is 0 Å². The molecule has 0 aliphatic carbocycles. The van der Waals surface area contributed by atoms with Gasteiger partial charge in [0, 0.05) is 15.7 Å². The van der Waals surface area contributed by atoms with E-state index in [1.807, 2.05) is 13.0 Å². The van der Waals surface area contributed by atoms with Crippen LogP contribution in [0, 0.1) is 6.92 Å². The lowest BCUT2D eigenvalue weighted by Crippen LogP contribution is -2.13. The summed E-state index contributed by atoms with van der Waals surface area (Å²) in [6.07, 6.45) is 0.851. The maximum Gasteiger partial charge on any atom is 0.172 e. The number of hydrogen-bond acceptors (Lipinski definition) is 5. The van der Waals surface area contributed by atoms with Crippen molar-refractivity contribution in [2.45, 2.75) is 20.3 Å². The summed E-state index contributed by atoms with van der Waals surface area (Å²) in [6, 6.07) is 2.00. The van der Waals surface area contributed by atoms with Crippen molar-refractivity contribution in [2.24, 2.45) is 5.84 Å². The van der Waals surface area contributed by atoms with Gasteiger partial charge in [0.05, 0.1) is 8.66 Å². The normalized spacial score (nSPS) is 10.7. The fourth-order valence-electron chi connectivity index (χ4n) is 1.61. The van der Waals surface area contributed by atoms with E-state index in [0.717, 1.165) is 30.8 Å². The van der Waals surface area contributed by atoms with E-state index in [9.17, 15) is 0 Å². The molecule has 0 atom stereocenters. The Morgan fingerprint density at radius 2 is 2.11 bits per heavy atom. The van der Waals surface area contributed by atoms with Gasteiger partial charge in [-0.2, -0.15) is 0 Å². The first-order valence-electron chi connectivity index (χ1n) is 5.36. The van der Waals surface area contributed by atoms with Crippen molar-refractivity contribution in [1.82, 2.24) is 9.97 Å². The van der Waals surface area contributed by atoms with Crippen molar-refractivity contribution in [3.8, 4) is 10.7 Å². The molecule has 0 fully saturated rings. The van der Waals surface area contributed by atoms with Crippen LogP contribution < -0.4 is 11.3 Å². The largest absolute Gasteiger partial charge is 0.308 e. The van der Waals surface area contributed by atoms with Crippen LogP contribution in [0.25, 0.3) is 10.7 Å². The van der Waals surface area contributed by atoms with E-state index in [1.54, 1.807) is 11.3 Å². The smallest absolute Gasteiger partial charge is 0.172 e. The molecule has 3 N–H and O–H groups in total.